The maximum absolute atomic E-state index is 11.8. The summed E-state index contributed by atoms with van der Waals surface area (Å²) in [5.41, 5.74) is 1.96. The molecule has 1 heterocycles. The van der Waals surface area contributed by atoms with Crippen LogP contribution in [0.4, 0.5) is 0 Å². The van der Waals surface area contributed by atoms with Gasteiger partial charge >= 0.3 is 5.97 Å². The molecule has 0 saturated carbocycles. The SMILES string of the molecule is CCOc1cc(C(CC(=O)OC)c2ccncc2)ccc1OC. The summed E-state index contributed by atoms with van der Waals surface area (Å²) >= 11 is 0. The van der Waals surface area contributed by atoms with Crippen molar-refractivity contribution in [2.24, 2.45) is 0 Å². The van der Waals surface area contributed by atoms with Gasteiger partial charge in [-0.1, -0.05) is 6.07 Å². The fraction of sp³-hybridized carbons (Fsp3) is 0.333. The highest BCUT2D eigenvalue weighted by atomic mass is 16.5. The Morgan fingerprint density at radius 1 is 1.09 bits per heavy atom. The molecule has 0 N–H and O–H groups in total. The van der Waals surface area contributed by atoms with Crippen molar-refractivity contribution in [1.29, 1.82) is 0 Å². The van der Waals surface area contributed by atoms with E-state index in [2.05, 4.69) is 4.98 Å². The first-order valence-electron chi connectivity index (χ1n) is 7.47. The number of nitrogens with zero attached hydrogens (tertiary/aromatic N) is 1. The number of ether oxygens (including phenoxy) is 3. The maximum Gasteiger partial charge on any atom is 0.306 e. The topological polar surface area (TPSA) is 57.7 Å². The molecule has 0 saturated heterocycles. The van der Waals surface area contributed by atoms with Crippen LogP contribution in [0.2, 0.25) is 0 Å². The summed E-state index contributed by atoms with van der Waals surface area (Å²) in [7, 11) is 3.00. The number of carbonyl (C=O) groups is 1. The minimum absolute atomic E-state index is 0.129. The molecule has 0 radical (unpaired) electrons. The lowest BCUT2D eigenvalue weighted by Crippen LogP contribution is -2.10. The van der Waals surface area contributed by atoms with Gasteiger partial charge in [-0.05, 0) is 42.3 Å². The lowest BCUT2D eigenvalue weighted by Gasteiger charge is -2.19. The Bertz CT molecular complexity index is 643. The van der Waals surface area contributed by atoms with Gasteiger partial charge in [0, 0.05) is 18.3 Å². The largest absolute Gasteiger partial charge is 0.493 e. The van der Waals surface area contributed by atoms with E-state index >= 15 is 0 Å². The first-order valence-corrected chi connectivity index (χ1v) is 7.47. The Morgan fingerprint density at radius 2 is 1.83 bits per heavy atom. The Morgan fingerprint density at radius 3 is 2.43 bits per heavy atom. The van der Waals surface area contributed by atoms with Crippen LogP contribution in [0.25, 0.3) is 0 Å². The van der Waals surface area contributed by atoms with E-state index in [1.807, 2.05) is 37.3 Å². The molecule has 5 heteroatoms. The Hall–Kier alpha value is -2.56. The second-order valence-corrected chi connectivity index (χ2v) is 4.96. The molecule has 0 aliphatic rings. The highest BCUT2D eigenvalue weighted by Crippen LogP contribution is 2.35. The molecule has 5 nitrogen and oxygen atoms in total. The minimum Gasteiger partial charge on any atom is -0.493 e. The van der Waals surface area contributed by atoms with Crippen molar-refractivity contribution in [2.45, 2.75) is 19.3 Å². The third kappa shape index (κ3) is 4.22. The second-order valence-electron chi connectivity index (χ2n) is 4.96. The van der Waals surface area contributed by atoms with Gasteiger partial charge in [0.15, 0.2) is 11.5 Å². The van der Waals surface area contributed by atoms with Crippen molar-refractivity contribution in [2.75, 3.05) is 20.8 Å². The smallest absolute Gasteiger partial charge is 0.306 e. The standard InChI is InChI=1S/C18H21NO4/c1-4-23-17-11-14(5-6-16(17)21-2)15(12-18(20)22-3)13-7-9-19-10-8-13/h5-11,15H,4,12H2,1-3H3. The Kier molecular flexibility index (Phi) is 5.97. The normalized spacial score (nSPS) is 11.6. The lowest BCUT2D eigenvalue weighted by molar-refractivity contribution is -0.140. The fourth-order valence-corrected chi connectivity index (χ4v) is 2.45. The fourth-order valence-electron chi connectivity index (χ4n) is 2.45. The number of carbonyl (C=O) groups excluding carboxylic acids is 1. The average Bonchev–Trinajstić information content (AvgIpc) is 2.60. The van der Waals surface area contributed by atoms with Crippen LogP contribution >= 0.6 is 0 Å². The van der Waals surface area contributed by atoms with Crippen LogP contribution in [-0.2, 0) is 9.53 Å². The van der Waals surface area contributed by atoms with Gasteiger partial charge in [-0.15, -0.1) is 0 Å². The van der Waals surface area contributed by atoms with Crippen molar-refractivity contribution in [3.8, 4) is 11.5 Å². The van der Waals surface area contributed by atoms with Crippen LogP contribution < -0.4 is 9.47 Å². The summed E-state index contributed by atoms with van der Waals surface area (Å²) in [5, 5.41) is 0. The van der Waals surface area contributed by atoms with Gasteiger partial charge < -0.3 is 14.2 Å². The zero-order chi connectivity index (χ0) is 16.7. The number of pyridine rings is 1. The van der Waals surface area contributed by atoms with Gasteiger partial charge in [0.2, 0.25) is 0 Å². The van der Waals surface area contributed by atoms with Crippen molar-refractivity contribution in [3.63, 3.8) is 0 Å². The molecule has 23 heavy (non-hydrogen) atoms. The van der Waals surface area contributed by atoms with E-state index in [0.29, 0.717) is 18.1 Å². The van der Waals surface area contributed by atoms with Crippen LogP contribution in [0.15, 0.2) is 42.7 Å². The monoisotopic (exact) mass is 315 g/mol. The molecule has 0 amide bonds. The zero-order valence-electron chi connectivity index (χ0n) is 13.6. The van der Waals surface area contributed by atoms with Crippen molar-refractivity contribution < 1.29 is 19.0 Å². The number of rotatable bonds is 7. The molecule has 0 fully saturated rings. The summed E-state index contributed by atoms with van der Waals surface area (Å²) in [5.74, 6) is 0.940. The van der Waals surface area contributed by atoms with Gasteiger partial charge in [0.05, 0.1) is 27.2 Å². The molecule has 0 aliphatic carbocycles. The van der Waals surface area contributed by atoms with Crippen LogP contribution in [-0.4, -0.2) is 31.8 Å². The van der Waals surface area contributed by atoms with Crippen molar-refractivity contribution >= 4 is 5.97 Å². The predicted octanol–water partition coefficient (Wildman–Crippen LogP) is 3.18. The molecule has 1 aromatic heterocycles. The van der Waals surface area contributed by atoms with Gasteiger partial charge in [-0.25, -0.2) is 0 Å². The summed E-state index contributed by atoms with van der Waals surface area (Å²) in [6.07, 6.45) is 3.68. The first-order chi connectivity index (χ1) is 11.2. The van der Waals surface area contributed by atoms with Gasteiger partial charge in [0.1, 0.15) is 0 Å². The number of aromatic nitrogens is 1. The number of benzene rings is 1. The molecule has 0 aliphatic heterocycles. The van der Waals surface area contributed by atoms with E-state index < -0.39 is 0 Å². The van der Waals surface area contributed by atoms with Gasteiger partial charge in [-0.2, -0.15) is 0 Å². The molecule has 1 atom stereocenters. The van der Waals surface area contributed by atoms with Crippen molar-refractivity contribution in [1.82, 2.24) is 4.98 Å². The highest BCUT2D eigenvalue weighted by Gasteiger charge is 2.20. The lowest BCUT2D eigenvalue weighted by atomic mass is 9.89. The maximum atomic E-state index is 11.8. The predicted molar refractivity (Wildman–Crippen MR) is 86.9 cm³/mol. The zero-order valence-corrected chi connectivity index (χ0v) is 13.6. The summed E-state index contributed by atoms with van der Waals surface area (Å²) < 4.78 is 15.8. The minimum atomic E-state index is -0.263. The van der Waals surface area contributed by atoms with E-state index in [1.165, 1.54) is 7.11 Å². The van der Waals surface area contributed by atoms with Crippen LogP contribution in [0, 0.1) is 0 Å². The molecule has 1 aromatic carbocycles. The van der Waals surface area contributed by atoms with Crippen molar-refractivity contribution in [3.05, 3.63) is 53.9 Å². The number of hydrogen-bond acceptors (Lipinski definition) is 5. The van der Waals surface area contributed by atoms with Gasteiger partial charge in [0.25, 0.3) is 0 Å². The molecular weight excluding hydrogens is 294 g/mol. The summed E-state index contributed by atoms with van der Waals surface area (Å²) in [6.45, 7) is 2.46. The third-order valence-electron chi connectivity index (χ3n) is 3.60. The number of hydrogen-bond donors (Lipinski definition) is 0. The van der Waals surface area contributed by atoms with E-state index in [0.717, 1.165) is 11.1 Å². The van der Waals surface area contributed by atoms with E-state index in [1.54, 1.807) is 19.5 Å². The average molecular weight is 315 g/mol. The van der Waals surface area contributed by atoms with E-state index in [4.69, 9.17) is 14.2 Å². The highest BCUT2D eigenvalue weighted by molar-refractivity contribution is 5.71. The Balaban J connectivity index is 2.42. The Labute approximate surface area is 136 Å². The van der Waals surface area contributed by atoms with Crippen LogP contribution in [0.1, 0.15) is 30.4 Å². The second kappa shape index (κ2) is 8.17. The molecule has 2 aromatic rings. The molecule has 0 bridgehead atoms. The van der Waals surface area contributed by atoms with Gasteiger partial charge in [-0.3, -0.25) is 9.78 Å². The number of esters is 1. The first kappa shape index (κ1) is 16.8. The molecule has 0 spiro atoms. The quantitative estimate of drug-likeness (QED) is 0.734. The van der Waals surface area contributed by atoms with Crippen LogP contribution in [0.5, 0.6) is 11.5 Å². The third-order valence-corrected chi connectivity index (χ3v) is 3.60. The van der Waals surface area contributed by atoms with Crippen LogP contribution in [0.3, 0.4) is 0 Å². The molecule has 2 rings (SSSR count). The molecule has 1 unspecified atom stereocenters. The van der Waals surface area contributed by atoms with E-state index in [-0.39, 0.29) is 18.3 Å². The summed E-state index contributed by atoms with van der Waals surface area (Å²) in [6, 6.07) is 9.51. The molecule has 122 valence electrons. The number of methoxy groups -OCH3 is 2. The molecular formula is C18H21NO4. The summed E-state index contributed by atoms with van der Waals surface area (Å²) in [4.78, 5) is 15.8. The van der Waals surface area contributed by atoms with E-state index in [9.17, 15) is 4.79 Å².